The van der Waals surface area contributed by atoms with Gasteiger partial charge in [-0.2, -0.15) is 4.90 Å². The quantitative estimate of drug-likeness (QED) is 0.166. The number of hydrogen-bond acceptors (Lipinski definition) is 18. The Labute approximate surface area is 389 Å². The number of aliphatic hydroxyl groups is 1. The van der Waals surface area contributed by atoms with Gasteiger partial charge in [-0.3, -0.25) is 4.79 Å². The standard InChI is InChI=1S/C27H49NO9.C19H28N2O8/c1-13-27(11,12)35-20-16-32-15-19(22(29)34-18(4)21(20)33-14-17(2)3)28(23(30)36-25(5,6)7)24(31)37-26(8,9)10;1-10(2)7-28-17-11(3)29-19(25)12(8-27-9-13(17)22)21-18(24)15-16(23)14(26-4)5-6-20-15/h17-21H,13-16H2,1-12H3;5-6,10-13,17,22-23H,7-9H2,1-4H3,(H,21,24)/t18-,19-,20-,21-;11-,12-,13-,17-/m00/s1. The summed E-state index contributed by atoms with van der Waals surface area (Å²) in [4.78, 5) is 69.1. The fourth-order valence-electron chi connectivity index (χ4n) is 6.12. The van der Waals surface area contributed by atoms with Crippen molar-refractivity contribution in [1.82, 2.24) is 15.2 Å². The van der Waals surface area contributed by atoms with Gasteiger partial charge in [-0.05, 0) is 87.5 Å². The second-order valence-corrected chi connectivity index (χ2v) is 19.7. The molecule has 0 aromatic carbocycles. The maximum Gasteiger partial charge on any atom is 0.420 e. The number of nitrogens with zero attached hydrogens (tertiary/aromatic N) is 2. The fourth-order valence-corrected chi connectivity index (χ4v) is 6.12. The molecular formula is C46H77N3O17. The number of nitrogens with one attached hydrogen (secondary N) is 1. The minimum atomic E-state index is -1.43. The zero-order chi connectivity index (χ0) is 50.3. The number of carbonyl (C=O) groups is 5. The molecule has 3 heterocycles. The molecule has 0 unspecified atom stereocenters. The van der Waals surface area contributed by atoms with Crippen LogP contribution in [0.2, 0.25) is 0 Å². The highest BCUT2D eigenvalue weighted by Crippen LogP contribution is 2.28. The average molecular weight is 944 g/mol. The lowest BCUT2D eigenvalue weighted by Crippen LogP contribution is -2.54. The highest BCUT2D eigenvalue weighted by molar-refractivity contribution is 5.98. The third kappa shape index (κ3) is 19.1. The Balaban J connectivity index is 0.000000466. The van der Waals surface area contributed by atoms with E-state index in [1.807, 2.05) is 48.5 Å². The molecule has 0 aliphatic carbocycles. The van der Waals surface area contributed by atoms with E-state index in [-0.39, 0.29) is 49.7 Å². The van der Waals surface area contributed by atoms with Crippen molar-refractivity contribution >= 4 is 30.0 Å². The molecule has 2 aliphatic heterocycles. The SMILES string of the molecule is CCC(C)(C)O[C@H]1COC[C@H](N(C(=O)OC(C)(C)C)C(=O)OC(C)(C)C)C(=O)O[C@@H](C)[C@@H]1OCC(C)C.COc1ccnc(C(=O)N[C@H]2COC[C@H](O)[C@@H](OCC(C)C)[C@H](C)OC2=O)c1O. The Morgan fingerprint density at radius 1 is 0.818 bits per heavy atom. The molecule has 1 aromatic rings. The molecule has 0 bridgehead atoms. The molecule has 2 aliphatic rings. The number of pyridine rings is 1. The van der Waals surface area contributed by atoms with Crippen LogP contribution in [-0.4, -0.2) is 162 Å². The van der Waals surface area contributed by atoms with Crippen LogP contribution in [0.5, 0.6) is 11.5 Å². The molecule has 8 atom stereocenters. The number of cyclic esters (lactones) is 2. The zero-order valence-electron chi connectivity index (χ0n) is 41.8. The van der Waals surface area contributed by atoms with Gasteiger partial charge in [-0.15, -0.1) is 0 Å². The molecule has 0 spiro atoms. The summed E-state index contributed by atoms with van der Waals surface area (Å²) in [6.07, 6.45) is -4.52. The number of aromatic hydroxyl groups is 1. The van der Waals surface area contributed by atoms with Gasteiger partial charge in [0.1, 0.15) is 47.8 Å². The summed E-state index contributed by atoms with van der Waals surface area (Å²) in [5.41, 5.74) is -2.63. The van der Waals surface area contributed by atoms with Crippen molar-refractivity contribution in [1.29, 1.82) is 0 Å². The van der Waals surface area contributed by atoms with Gasteiger partial charge < -0.3 is 62.9 Å². The van der Waals surface area contributed by atoms with E-state index in [1.54, 1.807) is 55.4 Å². The van der Waals surface area contributed by atoms with E-state index in [9.17, 15) is 34.2 Å². The maximum absolute atomic E-state index is 13.4. The summed E-state index contributed by atoms with van der Waals surface area (Å²) < 4.78 is 56.4. The largest absolute Gasteiger partial charge is 0.503 e. The summed E-state index contributed by atoms with van der Waals surface area (Å²) in [5.74, 6) is -2.30. The summed E-state index contributed by atoms with van der Waals surface area (Å²) in [6.45, 7) is 27.4. The number of imide groups is 1. The van der Waals surface area contributed by atoms with E-state index < -0.39 is 101 Å². The van der Waals surface area contributed by atoms with E-state index >= 15 is 0 Å². The van der Waals surface area contributed by atoms with Crippen molar-refractivity contribution < 1.29 is 81.6 Å². The molecule has 1 aromatic heterocycles. The highest BCUT2D eigenvalue weighted by Gasteiger charge is 2.45. The number of amides is 3. The molecule has 66 heavy (non-hydrogen) atoms. The second-order valence-electron chi connectivity index (χ2n) is 19.7. The number of carbonyl (C=O) groups excluding carboxylic acids is 5. The van der Waals surface area contributed by atoms with Crippen molar-refractivity contribution in [2.75, 3.05) is 46.8 Å². The molecule has 20 heteroatoms. The van der Waals surface area contributed by atoms with E-state index in [0.717, 1.165) is 6.42 Å². The van der Waals surface area contributed by atoms with E-state index in [4.69, 9.17) is 47.4 Å². The van der Waals surface area contributed by atoms with Crippen molar-refractivity contribution in [2.24, 2.45) is 11.8 Å². The number of hydrogen-bond donors (Lipinski definition) is 3. The zero-order valence-corrected chi connectivity index (χ0v) is 41.8. The number of ether oxygens (including phenoxy) is 10. The first-order valence-electron chi connectivity index (χ1n) is 22.4. The minimum absolute atomic E-state index is 0.0557. The van der Waals surface area contributed by atoms with E-state index in [0.29, 0.717) is 18.1 Å². The van der Waals surface area contributed by atoms with Gasteiger partial charge >= 0.3 is 24.1 Å². The lowest BCUT2D eigenvalue weighted by Gasteiger charge is -2.36. The van der Waals surface area contributed by atoms with Gasteiger partial charge in [0.05, 0.1) is 39.1 Å². The number of methoxy groups -OCH3 is 1. The van der Waals surface area contributed by atoms with Crippen LogP contribution in [0.3, 0.4) is 0 Å². The number of aliphatic hydroxyl groups excluding tert-OH is 1. The normalized spacial score (nSPS) is 24.7. The van der Waals surface area contributed by atoms with Gasteiger partial charge in [0.2, 0.25) is 0 Å². The third-order valence-corrected chi connectivity index (χ3v) is 9.65. The monoisotopic (exact) mass is 944 g/mol. The third-order valence-electron chi connectivity index (χ3n) is 9.65. The molecular weight excluding hydrogens is 867 g/mol. The van der Waals surface area contributed by atoms with Crippen molar-refractivity contribution in [3.63, 3.8) is 0 Å². The van der Waals surface area contributed by atoms with Crippen molar-refractivity contribution in [3.8, 4) is 11.5 Å². The van der Waals surface area contributed by atoms with Crippen LogP contribution in [0.25, 0.3) is 0 Å². The number of esters is 2. The summed E-state index contributed by atoms with van der Waals surface area (Å²) in [5, 5.41) is 22.8. The smallest absolute Gasteiger partial charge is 0.420 e. The average Bonchev–Trinajstić information content (AvgIpc) is 3.26. The lowest BCUT2D eigenvalue weighted by atomic mass is 10.0. The van der Waals surface area contributed by atoms with Crippen LogP contribution in [0, 0.1) is 11.8 Å². The molecule has 20 nitrogen and oxygen atoms in total. The Hall–Kier alpha value is -4.34. The van der Waals surface area contributed by atoms with E-state index in [1.165, 1.54) is 19.4 Å². The molecule has 378 valence electrons. The highest BCUT2D eigenvalue weighted by atomic mass is 16.6. The van der Waals surface area contributed by atoms with Gasteiger partial charge in [-0.25, -0.2) is 24.2 Å². The number of rotatable bonds is 13. The molecule has 3 N–H and O–H groups in total. The first-order chi connectivity index (χ1) is 30.5. The molecule has 2 fully saturated rings. The van der Waals surface area contributed by atoms with E-state index in [2.05, 4.69) is 10.3 Å². The lowest BCUT2D eigenvalue weighted by molar-refractivity contribution is -0.188. The van der Waals surface area contributed by atoms with Gasteiger partial charge in [0.15, 0.2) is 29.3 Å². The van der Waals surface area contributed by atoms with Gasteiger partial charge in [0, 0.05) is 25.5 Å². The van der Waals surface area contributed by atoms with Crippen LogP contribution in [0.4, 0.5) is 9.59 Å². The first kappa shape index (κ1) is 57.8. The van der Waals surface area contributed by atoms with Crippen LogP contribution in [0.15, 0.2) is 12.3 Å². The molecule has 2 saturated heterocycles. The Kier molecular flexibility index (Phi) is 22.5. The minimum Gasteiger partial charge on any atom is -0.503 e. The number of aromatic nitrogens is 1. The Morgan fingerprint density at radius 2 is 1.33 bits per heavy atom. The second kappa shape index (κ2) is 25.7. The van der Waals surface area contributed by atoms with Crippen LogP contribution in [-0.2, 0) is 52.2 Å². The fraction of sp³-hybridized carbons (Fsp3) is 0.783. The summed E-state index contributed by atoms with van der Waals surface area (Å²) >= 11 is 0. The predicted octanol–water partition coefficient (Wildman–Crippen LogP) is 5.36. The van der Waals surface area contributed by atoms with Gasteiger partial charge in [-0.1, -0.05) is 34.6 Å². The molecule has 0 radical (unpaired) electrons. The van der Waals surface area contributed by atoms with Gasteiger partial charge in [0.25, 0.3) is 5.91 Å². The maximum atomic E-state index is 13.4. The van der Waals surface area contributed by atoms with Crippen LogP contribution < -0.4 is 10.1 Å². The van der Waals surface area contributed by atoms with Crippen LogP contribution in [0.1, 0.15) is 121 Å². The Morgan fingerprint density at radius 3 is 1.85 bits per heavy atom. The predicted molar refractivity (Wildman–Crippen MR) is 239 cm³/mol. The molecule has 3 rings (SSSR count). The molecule has 0 saturated carbocycles. The Bertz CT molecular complexity index is 1700. The topological polar surface area (TPSA) is 246 Å². The first-order valence-corrected chi connectivity index (χ1v) is 22.4. The van der Waals surface area contributed by atoms with Crippen molar-refractivity contribution in [2.45, 2.75) is 176 Å². The van der Waals surface area contributed by atoms with Crippen LogP contribution >= 0.6 is 0 Å². The van der Waals surface area contributed by atoms with Crippen molar-refractivity contribution in [3.05, 3.63) is 18.0 Å². The summed E-state index contributed by atoms with van der Waals surface area (Å²) in [6, 6.07) is -1.20. The summed E-state index contributed by atoms with van der Waals surface area (Å²) in [7, 11) is 1.34. The molecule has 3 amide bonds.